The van der Waals surface area contributed by atoms with E-state index in [1.807, 2.05) is 6.92 Å². The second kappa shape index (κ2) is 2.85. The second-order valence-corrected chi connectivity index (χ2v) is 1.76. The predicted octanol–water partition coefficient (Wildman–Crippen LogP) is 0.867. The Hall–Kier alpha value is -0.540. The van der Waals surface area contributed by atoms with Crippen LogP contribution in [0.1, 0.15) is 6.92 Å². The Kier molecular flexibility index (Phi) is 2.08. The van der Waals surface area contributed by atoms with Crippen molar-refractivity contribution >= 4 is 0 Å². The SMILES string of the molecule is C=C1OC1COOCC. The van der Waals surface area contributed by atoms with Crippen molar-refractivity contribution in [3.05, 3.63) is 12.3 Å². The molecule has 0 spiro atoms. The quantitative estimate of drug-likeness (QED) is 0.245. The molecule has 1 heterocycles. The van der Waals surface area contributed by atoms with Crippen LogP contribution in [0.3, 0.4) is 0 Å². The molecule has 0 amide bonds. The Balaban J connectivity index is 1.88. The summed E-state index contributed by atoms with van der Waals surface area (Å²) in [5.41, 5.74) is 0. The fourth-order valence-electron chi connectivity index (χ4n) is 0.469. The van der Waals surface area contributed by atoms with Gasteiger partial charge in [0.05, 0.1) is 6.61 Å². The summed E-state index contributed by atoms with van der Waals surface area (Å²) in [4.78, 5) is 9.30. The van der Waals surface area contributed by atoms with Gasteiger partial charge in [-0.2, -0.15) is 0 Å². The van der Waals surface area contributed by atoms with Gasteiger partial charge in [-0.25, -0.2) is 9.78 Å². The standard InChI is InChI=1S/C6H10O3/c1-3-7-8-4-6-5(2)9-6/h6H,2-4H2,1H3. The van der Waals surface area contributed by atoms with Gasteiger partial charge in [-0.1, -0.05) is 6.58 Å². The molecule has 1 unspecified atom stereocenters. The lowest BCUT2D eigenvalue weighted by molar-refractivity contribution is -0.292. The van der Waals surface area contributed by atoms with Gasteiger partial charge in [0, 0.05) is 0 Å². The average Bonchev–Trinajstić information content (AvgIpc) is 2.48. The van der Waals surface area contributed by atoms with E-state index < -0.39 is 0 Å². The van der Waals surface area contributed by atoms with Crippen molar-refractivity contribution in [1.29, 1.82) is 0 Å². The fraction of sp³-hybridized carbons (Fsp3) is 0.667. The van der Waals surface area contributed by atoms with E-state index in [0.29, 0.717) is 13.2 Å². The van der Waals surface area contributed by atoms with Gasteiger partial charge in [0.2, 0.25) is 0 Å². The largest absolute Gasteiger partial charge is 0.481 e. The zero-order valence-electron chi connectivity index (χ0n) is 5.42. The van der Waals surface area contributed by atoms with Gasteiger partial charge in [0.1, 0.15) is 12.4 Å². The summed E-state index contributed by atoms with van der Waals surface area (Å²) in [7, 11) is 0. The minimum Gasteiger partial charge on any atom is -0.481 e. The van der Waals surface area contributed by atoms with E-state index >= 15 is 0 Å². The first-order valence-electron chi connectivity index (χ1n) is 2.94. The first-order chi connectivity index (χ1) is 4.34. The highest BCUT2D eigenvalue weighted by molar-refractivity contribution is 5.07. The molecule has 1 atom stereocenters. The number of hydrogen-bond acceptors (Lipinski definition) is 3. The molecule has 0 aromatic carbocycles. The summed E-state index contributed by atoms with van der Waals surface area (Å²) >= 11 is 0. The molecule has 0 saturated carbocycles. The fourth-order valence-corrected chi connectivity index (χ4v) is 0.469. The number of ether oxygens (including phenoxy) is 1. The summed E-state index contributed by atoms with van der Waals surface area (Å²) in [5, 5.41) is 0. The van der Waals surface area contributed by atoms with Crippen LogP contribution in [-0.4, -0.2) is 19.3 Å². The van der Waals surface area contributed by atoms with Crippen molar-refractivity contribution < 1.29 is 14.5 Å². The lowest BCUT2D eigenvalue weighted by atomic mass is 10.5. The molecule has 0 aliphatic carbocycles. The lowest BCUT2D eigenvalue weighted by Crippen LogP contribution is -2.01. The monoisotopic (exact) mass is 130 g/mol. The maximum atomic E-state index is 4.86. The molecule has 1 fully saturated rings. The van der Waals surface area contributed by atoms with Gasteiger partial charge in [0.15, 0.2) is 6.10 Å². The summed E-state index contributed by atoms with van der Waals surface area (Å²) in [6, 6.07) is 0. The summed E-state index contributed by atoms with van der Waals surface area (Å²) in [5.74, 6) is 0.787. The molecule has 0 radical (unpaired) electrons. The zero-order chi connectivity index (χ0) is 6.69. The van der Waals surface area contributed by atoms with Crippen LogP contribution in [0.4, 0.5) is 0 Å². The molecule has 9 heavy (non-hydrogen) atoms. The Labute approximate surface area is 54.1 Å². The summed E-state index contributed by atoms with van der Waals surface area (Å²) in [6.45, 7) is 6.47. The van der Waals surface area contributed by atoms with Gasteiger partial charge in [-0.3, -0.25) is 0 Å². The Morgan fingerprint density at radius 1 is 1.67 bits per heavy atom. The maximum Gasteiger partial charge on any atom is 0.181 e. The summed E-state index contributed by atoms with van der Waals surface area (Å²) < 4.78 is 4.86. The van der Waals surface area contributed by atoms with Crippen LogP contribution in [0.2, 0.25) is 0 Å². The highest BCUT2D eigenvalue weighted by atomic mass is 17.2. The number of epoxide rings is 1. The molecular formula is C6H10O3. The molecule has 0 N–H and O–H groups in total. The van der Waals surface area contributed by atoms with E-state index in [9.17, 15) is 0 Å². The number of rotatable bonds is 4. The maximum absolute atomic E-state index is 4.86. The summed E-state index contributed by atoms with van der Waals surface area (Å²) in [6.07, 6.45) is 0.0801. The molecule has 1 rings (SSSR count). The van der Waals surface area contributed by atoms with Crippen LogP contribution >= 0.6 is 0 Å². The first kappa shape index (κ1) is 6.58. The molecule has 0 aromatic rings. The smallest absolute Gasteiger partial charge is 0.181 e. The normalized spacial score (nSPS) is 23.7. The van der Waals surface area contributed by atoms with E-state index in [1.54, 1.807) is 0 Å². The minimum absolute atomic E-state index is 0.0801. The van der Waals surface area contributed by atoms with Gasteiger partial charge in [-0.15, -0.1) is 0 Å². The molecule has 1 aliphatic rings. The van der Waals surface area contributed by atoms with Crippen LogP contribution in [0.25, 0.3) is 0 Å². The van der Waals surface area contributed by atoms with E-state index in [1.165, 1.54) is 0 Å². The van der Waals surface area contributed by atoms with E-state index in [-0.39, 0.29) is 6.10 Å². The van der Waals surface area contributed by atoms with Crippen molar-refractivity contribution in [2.75, 3.05) is 13.2 Å². The molecule has 3 nitrogen and oxygen atoms in total. The van der Waals surface area contributed by atoms with Gasteiger partial charge < -0.3 is 4.74 Å². The molecule has 0 aromatic heterocycles. The Bertz CT molecular complexity index is 111. The number of hydrogen-bond donors (Lipinski definition) is 0. The van der Waals surface area contributed by atoms with Crippen molar-refractivity contribution in [2.45, 2.75) is 13.0 Å². The molecule has 1 aliphatic heterocycles. The van der Waals surface area contributed by atoms with Gasteiger partial charge >= 0.3 is 0 Å². The second-order valence-electron chi connectivity index (χ2n) is 1.76. The van der Waals surface area contributed by atoms with E-state index in [2.05, 4.69) is 11.5 Å². The third-order valence-corrected chi connectivity index (χ3v) is 1.02. The van der Waals surface area contributed by atoms with Crippen molar-refractivity contribution in [3.63, 3.8) is 0 Å². The third-order valence-electron chi connectivity index (χ3n) is 1.02. The molecule has 52 valence electrons. The van der Waals surface area contributed by atoms with Crippen LogP contribution in [0, 0.1) is 0 Å². The van der Waals surface area contributed by atoms with Gasteiger partial charge in [0.25, 0.3) is 0 Å². The molecule has 3 heteroatoms. The average molecular weight is 130 g/mol. The Morgan fingerprint density at radius 3 is 2.78 bits per heavy atom. The van der Waals surface area contributed by atoms with Crippen molar-refractivity contribution in [2.24, 2.45) is 0 Å². The molecular weight excluding hydrogens is 120 g/mol. The lowest BCUT2D eigenvalue weighted by Gasteiger charge is -1.94. The Morgan fingerprint density at radius 2 is 2.33 bits per heavy atom. The topological polar surface area (TPSA) is 31.0 Å². The predicted molar refractivity (Wildman–Crippen MR) is 31.6 cm³/mol. The zero-order valence-corrected chi connectivity index (χ0v) is 5.42. The highest BCUT2D eigenvalue weighted by Gasteiger charge is 2.30. The van der Waals surface area contributed by atoms with Gasteiger partial charge in [-0.05, 0) is 6.92 Å². The van der Waals surface area contributed by atoms with Crippen LogP contribution < -0.4 is 0 Å². The van der Waals surface area contributed by atoms with Crippen LogP contribution in [0.5, 0.6) is 0 Å². The highest BCUT2D eigenvalue weighted by Crippen LogP contribution is 2.24. The molecule has 0 bridgehead atoms. The van der Waals surface area contributed by atoms with Crippen molar-refractivity contribution in [3.8, 4) is 0 Å². The first-order valence-corrected chi connectivity index (χ1v) is 2.94. The van der Waals surface area contributed by atoms with Crippen LogP contribution in [-0.2, 0) is 14.5 Å². The third kappa shape index (κ3) is 2.03. The molecule has 1 saturated heterocycles. The van der Waals surface area contributed by atoms with Crippen LogP contribution in [0.15, 0.2) is 12.3 Å². The van der Waals surface area contributed by atoms with Crippen molar-refractivity contribution in [1.82, 2.24) is 0 Å². The van der Waals surface area contributed by atoms with E-state index in [0.717, 1.165) is 5.76 Å². The van der Waals surface area contributed by atoms with E-state index in [4.69, 9.17) is 9.62 Å². The minimum atomic E-state index is 0.0801.